The Morgan fingerprint density at radius 1 is 1.04 bits per heavy atom. The van der Waals surface area contributed by atoms with Crippen LogP contribution in [0.4, 0.5) is 0 Å². The zero-order valence-corrected chi connectivity index (χ0v) is 16.8. The first-order chi connectivity index (χ1) is 13.0. The number of rotatable bonds is 2. The summed E-state index contributed by atoms with van der Waals surface area (Å²) in [6, 6.07) is 0.865. The van der Waals surface area contributed by atoms with Crippen LogP contribution >= 0.6 is 0 Å². The lowest BCUT2D eigenvalue weighted by Gasteiger charge is -2.48. The molecule has 5 aliphatic rings. The highest BCUT2D eigenvalue weighted by Gasteiger charge is 2.63. The van der Waals surface area contributed by atoms with Crippen molar-refractivity contribution >= 4 is 11.9 Å². The summed E-state index contributed by atoms with van der Waals surface area (Å²) < 4.78 is 11.8. The maximum absolute atomic E-state index is 12.5. The molecule has 0 amide bonds. The van der Waals surface area contributed by atoms with E-state index in [0.29, 0.717) is 35.8 Å². The molecule has 5 heteroatoms. The normalized spacial score (nSPS) is 52.1. The lowest BCUT2D eigenvalue weighted by molar-refractivity contribution is -0.148. The van der Waals surface area contributed by atoms with Crippen LogP contribution in [0.3, 0.4) is 0 Å². The lowest BCUT2D eigenvalue weighted by Crippen LogP contribution is -2.54. The second kappa shape index (κ2) is 6.47. The molecule has 0 radical (unpaired) electrons. The Morgan fingerprint density at radius 2 is 1.85 bits per heavy atom. The SMILES string of the molecule is CC[C@H]1[C@@H]2CCCCN3[C@H]2[C@@H](C[C@@H]3[C@@H]2C[C@@H](C)C(=O)O2)[C@H]2[C@@H]1OC(=O)[C@@H]2C. The second-order valence-corrected chi connectivity index (χ2v) is 9.81. The summed E-state index contributed by atoms with van der Waals surface area (Å²) in [5.74, 6) is 1.94. The maximum atomic E-state index is 12.5. The molecule has 27 heavy (non-hydrogen) atoms. The average molecular weight is 376 g/mol. The number of ether oxygens (including phenoxy) is 2. The van der Waals surface area contributed by atoms with E-state index >= 15 is 0 Å². The van der Waals surface area contributed by atoms with E-state index in [4.69, 9.17) is 9.47 Å². The van der Waals surface area contributed by atoms with Gasteiger partial charge < -0.3 is 9.47 Å². The zero-order valence-electron chi connectivity index (χ0n) is 16.8. The van der Waals surface area contributed by atoms with Gasteiger partial charge in [0.05, 0.1) is 11.8 Å². The fourth-order valence-electron chi connectivity index (χ4n) is 7.48. The monoisotopic (exact) mass is 375 g/mol. The van der Waals surface area contributed by atoms with Gasteiger partial charge in [0.2, 0.25) is 0 Å². The molecule has 1 aliphatic carbocycles. The Labute approximate surface area is 162 Å². The molecule has 5 nitrogen and oxygen atoms in total. The molecule has 5 rings (SSSR count). The molecule has 0 aromatic heterocycles. The molecule has 0 unspecified atom stereocenters. The van der Waals surface area contributed by atoms with E-state index < -0.39 is 0 Å². The lowest BCUT2D eigenvalue weighted by atomic mass is 9.60. The van der Waals surface area contributed by atoms with Crippen molar-refractivity contribution in [2.45, 2.75) is 83.6 Å². The minimum atomic E-state index is -0.0294. The Kier molecular flexibility index (Phi) is 4.30. The van der Waals surface area contributed by atoms with Crippen molar-refractivity contribution in [3.8, 4) is 0 Å². The number of esters is 2. The van der Waals surface area contributed by atoms with Crippen LogP contribution in [0.2, 0.25) is 0 Å². The predicted molar refractivity (Wildman–Crippen MR) is 99.7 cm³/mol. The van der Waals surface area contributed by atoms with Crippen molar-refractivity contribution in [2.75, 3.05) is 6.54 Å². The van der Waals surface area contributed by atoms with E-state index in [1.165, 1.54) is 19.3 Å². The first-order valence-corrected chi connectivity index (χ1v) is 11.2. The molecule has 0 bridgehead atoms. The van der Waals surface area contributed by atoms with Crippen molar-refractivity contribution in [3.63, 3.8) is 0 Å². The third kappa shape index (κ3) is 2.53. The van der Waals surface area contributed by atoms with E-state index in [2.05, 4.69) is 18.7 Å². The highest BCUT2D eigenvalue weighted by molar-refractivity contribution is 5.75. The van der Waals surface area contributed by atoms with E-state index in [-0.39, 0.29) is 36.0 Å². The third-order valence-corrected chi connectivity index (χ3v) is 8.61. The topological polar surface area (TPSA) is 55.8 Å². The van der Waals surface area contributed by atoms with Crippen LogP contribution in [0, 0.1) is 35.5 Å². The summed E-state index contributed by atoms with van der Waals surface area (Å²) in [6.07, 6.45) is 6.87. The van der Waals surface area contributed by atoms with Crippen molar-refractivity contribution < 1.29 is 19.1 Å². The molecule has 0 aromatic rings. The van der Waals surface area contributed by atoms with Gasteiger partial charge in [-0.05, 0) is 50.5 Å². The summed E-state index contributed by atoms with van der Waals surface area (Å²) >= 11 is 0. The Morgan fingerprint density at radius 3 is 2.56 bits per heavy atom. The minimum Gasteiger partial charge on any atom is -0.462 e. The summed E-state index contributed by atoms with van der Waals surface area (Å²) in [5, 5.41) is 0. The molecule has 10 atom stereocenters. The smallest absolute Gasteiger partial charge is 0.309 e. The Bertz CT molecular complexity index is 636. The molecule has 0 aromatic carbocycles. The van der Waals surface area contributed by atoms with Crippen LogP contribution in [-0.2, 0) is 19.1 Å². The standard InChI is InChI=1S/C22H33NO4/c1-4-13-14-7-5-6-8-23-16(17-9-11(2)21(24)26-17)10-15(19(14)23)18-12(3)22(25)27-20(13)18/h11-20H,4-10H2,1-3H3/t11-,12-,13+,14+,15+,16-,17+,18+,19-,20-/m1/s1. The number of hydrogen-bond acceptors (Lipinski definition) is 5. The van der Waals surface area contributed by atoms with Crippen LogP contribution in [0.25, 0.3) is 0 Å². The fourth-order valence-corrected chi connectivity index (χ4v) is 7.48. The summed E-state index contributed by atoms with van der Waals surface area (Å²) in [5.41, 5.74) is 0. The van der Waals surface area contributed by atoms with E-state index in [1.807, 2.05) is 6.92 Å². The first-order valence-electron chi connectivity index (χ1n) is 11.2. The molecule has 4 heterocycles. The Hall–Kier alpha value is -1.10. The number of fused-ring (bicyclic) bond motifs is 2. The maximum Gasteiger partial charge on any atom is 0.309 e. The molecule has 4 saturated heterocycles. The molecule has 0 spiro atoms. The highest BCUT2D eigenvalue weighted by Crippen LogP contribution is 2.57. The quantitative estimate of drug-likeness (QED) is 0.695. The van der Waals surface area contributed by atoms with Gasteiger partial charge in [-0.15, -0.1) is 0 Å². The van der Waals surface area contributed by atoms with Gasteiger partial charge in [0.25, 0.3) is 0 Å². The molecular formula is C22H33NO4. The second-order valence-electron chi connectivity index (χ2n) is 9.81. The number of hydrogen-bond donors (Lipinski definition) is 0. The van der Waals surface area contributed by atoms with E-state index in [0.717, 1.165) is 25.8 Å². The van der Waals surface area contributed by atoms with Crippen LogP contribution in [0.5, 0.6) is 0 Å². The number of carbonyl (C=O) groups excluding carboxylic acids is 2. The summed E-state index contributed by atoms with van der Waals surface area (Å²) in [6.45, 7) is 7.44. The molecule has 0 N–H and O–H groups in total. The van der Waals surface area contributed by atoms with Crippen LogP contribution in [0.15, 0.2) is 0 Å². The molecule has 4 aliphatic heterocycles. The number of nitrogens with zero attached hydrogens (tertiary/aromatic N) is 1. The third-order valence-electron chi connectivity index (χ3n) is 8.61. The van der Waals surface area contributed by atoms with E-state index in [9.17, 15) is 9.59 Å². The van der Waals surface area contributed by atoms with Crippen LogP contribution < -0.4 is 0 Å². The van der Waals surface area contributed by atoms with Crippen molar-refractivity contribution in [1.29, 1.82) is 0 Å². The van der Waals surface area contributed by atoms with Crippen LogP contribution in [-0.4, -0.2) is 47.7 Å². The molecular weight excluding hydrogens is 342 g/mol. The fraction of sp³-hybridized carbons (Fsp3) is 0.909. The number of carbonyl (C=O) groups is 2. The van der Waals surface area contributed by atoms with Crippen molar-refractivity contribution in [3.05, 3.63) is 0 Å². The van der Waals surface area contributed by atoms with Gasteiger partial charge >= 0.3 is 11.9 Å². The van der Waals surface area contributed by atoms with E-state index in [1.54, 1.807) is 0 Å². The highest BCUT2D eigenvalue weighted by atomic mass is 16.6. The molecule has 5 fully saturated rings. The number of cyclic esters (lactones) is 1. The summed E-state index contributed by atoms with van der Waals surface area (Å²) in [7, 11) is 0. The van der Waals surface area contributed by atoms with Gasteiger partial charge in [-0.2, -0.15) is 0 Å². The van der Waals surface area contributed by atoms with Gasteiger partial charge in [0.1, 0.15) is 12.2 Å². The van der Waals surface area contributed by atoms with Gasteiger partial charge in [-0.3, -0.25) is 14.5 Å². The molecule has 1 saturated carbocycles. The van der Waals surface area contributed by atoms with Crippen molar-refractivity contribution in [1.82, 2.24) is 4.90 Å². The largest absolute Gasteiger partial charge is 0.462 e. The van der Waals surface area contributed by atoms with Gasteiger partial charge in [-0.25, -0.2) is 0 Å². The van der Waals surface area contributed by atoms with Crippen LogP contribution in [0.1, 0.15) is 59.3 Å². The molecule has 150 valence electrons. The first kappa shape index (κ1) is 18.0. The zero-order chi connectivity index (χ0) is 18.9. The minimum absolute atomic E-state index is 0.00362. The van der Waals surface area contributed by atoms with Gasteiger partial charge in [0.15, 0.2) is 0 Å². The van der Waals surface area contributed by atoms with Crippen molar-refractivity contribution in [2.24, 2.45) is 35.5 Å². The summed E-state index contributed by atoms with van der Waals surface area (Å²) in [4.78, 5) is 27.3. The Balaban J connectivity index is 1.51. The average Bonchev–Trinajstić information content (AvgIpc) is 3.20. The van der Waals surface area contributed by atoms with Gasteiger partial charge in [0, 0.05) is 23.9 Å². The predicted octanol–water partition coefficient (Wildman–Crippen LogP) is 3.01. The van der Waals surface area contributed by atoms with Gasteiger partial charge in [-0.1, -0.05) is 27.2 Å².